The molecule has 0 fully saturated rings. The zero-order valence-electron chi connectivity index (χ0n) is 16.3. The molecule has 0 saturated heterocycles. The van der Waals surface area contributed by atoms with Gasteiger partial charge in [-0.2, -0.15) is 5.11 Å². The number of carbonyl (C=O) groups excluding carboxylic acids is 2. The van der Waals surface area contributed by atoms with Gasteiger partial charge < -0.3 is 20.4 Å². The lowest BCUT2D eigenvalue weighted by molar-refractivity contribution is -0.142. The number of aromatic amines is 1. The monoisotopic (exact) mass is 455 g/mol. The van der Waals surface area contributed by atoms with Crippen LogP contribution in [-0.4, -0.2) is 59.8 Å². The Morgan fingerprint density at radius 1 is 1.27 bits per heavy atom. The number of hydrogen-bond acceptors (Lipinski definition) is 7. The molecule has 0 radical (unpaired) electrons. The fourth-order valence-corrected chi connectivity index (χ4v) is 3.07. The number of H-pyrrole nitrogens is 1. The number of anilines is 2. The summed E-state index contributed by atoms with van der Waals surface area (Å²) in [5.41, 5.74) is 9.62. The summed E-state index contributed by atoms with van der Waals surface area (Å²) < 4.78 is 4.81. The molecule has 12 heteroatoms. The number of hydrogen-bond donors (Lipinski definition) is 3. The van der Waals surface area contributed by atoms with E-state index >= 15 is 0 Å². The molecule has 1 amide bonds. The number of amides is 1. The van der Waals surface area contributed by atoms with Crippen molar-refractivity contribution >= 4 is 46.6 Å². The second-order valence-electron chi connectivity index (χ2n) is 6.09. The second kappa shape index (κ2) is 12.0. The van der Waals surface area contributed by atoms with E-state index in [0.29, 0.717) is 24.8 Å². The van der Waals surface area contributed by atoms with Crippen molar-refractivity contribution in [3.8, 4) is 0 Å². The first-order valence-electron chi connectivity index (χ1n) is 9.02. The van der Waals surface area contributed by atoms with E-state index in [4.69, 9.17) is 33.7 Å². The normalized spacial score (nSPS) is 12.0. The number of carbonyl (C=O) groups is 2. The summed E-state index contributed by atoms with van der Waals surface area (Å²) in [6.45, 7) is 1.36. The number of primary amides is 1. The highest BCUT2D eigenvalue weighted by molar-refractivity contribution is 6.18. The number of halogens is 2. The summed E-state index contributed by atoms with van der Waals surface area (Å²) in [6, 6.07) is 6.76. The van der Waals surface area contributed by atoms with Crippen molar-refractivity contribution in [2.45, 2.75) is 12.5 Å². The van der Waals surface area contributed by atoms with E-state index in [1.807, 2.05) is 24.3 Å². The number of alkyl halides is 2. The zero-order chi connectivity index (χ0) is 21.9. The zero-order valence-corrected chi connectivity index (χ0v) is 17.9. The van der Waals surface area contributed by atoms with Gasteiger partial charge in [0.25, 0.3) is 5.91 Å². The first-order valence-corrected chi connectivity index (χ1v) is 10.1. The van der Waals surface area contributed by atoms with Crippen LogP contribution in [0.2, 0.25) is 0 Å². The molecule has 1 heterocycles. The van der Waals surface area contributed by atoms with Crippen molar-refractivity contribution in [1.29, 1.82) is 0 Å². The molecule has 0 saturated carbocycles. The van der Waals surface area contributed by atoms with Crippen molar-refractivity contribution in [3.63, 3.8) is 0 Å². The van der Waals surface area contributed by atoms with Crippen LogP contribution in [-0.2, 0) is 16.0 Å². The summed E-state index contributed by atoms with van der Waals surface area (Å²) in [4.78, 5) is 31.9. The molecule has 1 unspecified atom stereocenters. The van der Waals surface area contributed by atoms with Gasteiger partial charge >= 0.3 is 5.97 Å². The molecule has 0 aliphatic heterocycles. The fraction of sp³-hybridized carbons (Fsp3) is 0.389. The third-order valence-corrected chi connectivity index (χ3v) is 4.49. The van der Waals surface area contributed by atoms with E-state index in [1.165, 1.54) is 13.4 Å². The van der Waals surface area contributed by atoms with Crippen LogP contribution in [0.5, 0.6) is 0 Å². The number of nitrogens with one attached hydrogen (secondary N) is 2. The van der Waals surface area contributed by atoms with Gasteiger partial charge in [0.1, 0.15) is 5.69 Å². The molecule has 162 valence electrons. The predicted octanol–water partition coefficient (Wildman–Crippen LogP) is 2.36. The summed E-state index contributed by atoms with van der Waals surface area (Å²) in [6.07, 6.45) is 1.56. The van der Waals surface area contributed by atoms with Crippen molar-refractivity contribution < 1.29 is 14.3 Å². The van der Waals surface area contributed by atoms with Crippen LogP contribution in [0.3, 0.4) is 0 Å². The number of nitrogens with two attached hydrogens (primary N) is 1. The van der Waals surface area contributed by atoms with Crippen LogP contribution >= 0.6 is 23.2 Å². The molecule has 1 aromatic heterocycles. The van der Waals surface area contributed by atoms with Crippen LogP contribution in [0, 0.1) is 0 Å². The summed E-state index contributed by atoms with van der Waals surface area (Å²) in [5, 5.41) is 7.73. The number of benzene rings is 1. The van der Waals surface area contributed by atoms with Crippen molar-refractivity contribution in [2.75, 3.05) is 42.3 Å². The maximum absolute atomic E-state index is 12.1. The van der Waals surface area contributed by atoms with E-state index in [2.05, 4.69) is 30.6 Å². The van der Waals surface area contributed by atoms with Gasteiger partial charge in [0.2, 0.25) is 0 Å². The molecule has 10 nitrogen and oxygen atoms in total. The van der Waals surface area contributed by atoms with Gasteiger partial charge in [0, 0.05) is 37.0 Å². The third kappa shape index (κ3) is 6.60. The molecule has 30 heavy (non-hydrogen) atoms. The molecule has 1 atom stereocenters. The lowest BCUT2D eigenvalue weighted by atomic mass is 10.1. The van der Waals surface area contributed by atoms with Crippen LogP contribution < -0.4 is 16.1 Å². The molecule has 1 aromatic carbocycles. The van der Waals surface area contributed by atoms with E-state index < -0.39 is 17.9 Å². The van der Waals surface area contributed by atoms with Crippen molar-refractivity contribution in [1.82, 2.24) is 9.97 Å². The minimum Gasteiger partial charge on any atom is -0.467 e. The Balaban J connectivity index is 2.08. The maximum Gasteiger partial charge on any atom is 0.332 e. The molecule has 0 aliphatic rings. The predicted molar refractivity (Wildman–Crippen MR) is 115 cm³/mol. The lowest BCUT2D eigenvalue weighted by Crippen LogP contribution is -2.27. The topological polar surface area (TPSA) is 138 Å². The molecule has 0 bridgehead atoms. The average Bonchev–Trinajstić information content (AvgIpc) is 3.22. The Morgan fingerprint density at radius 3 is 2.50 bits per heavy atom. The number of ether oxygens (including phenoxy) is 1. The molecular weight excluding hydrogens is 433 g/mol. The summed E-state index contributed by atoms with van der Waals surface area (Å²) >= 11 is 11.7. The Labute approximate surface area is 183 Å². The highest BCUT2D eigenvalue weighted by atomic mass is 35.5. The van der Waals surface area contributed by atoms with E-state index in [9.17, 15) is 9.59 Å². The Bertz CT molecular complexity index is 852. The number of methoxy groups -OCH3 is 1. The van der Waals surface area contributed by atoms with Gasteiger partial charge in [-0.05, 0) is 17.7 Å². The maximum atomic E-state index is 12.1. The molecule has 4 N–H and O–H groups in total. The molecule has 0 spiro atoms. The standard InChI is InChI=1S/C18H23Cl2N7O3/c1-30-18(29)14(24-26-25-17-15(16(21)28)22-11-23-17)10-12-2-4-13(5-3-12)27(8-6-19)9-7-20/h2-5,11,14H,6-10H2,1H3,(H2,21,28)(H,22,23)(H,24,25). The smallest absolute Gasteiger partial charge is 0.332 e. The van der Waals surface area contributed by atoms with Crippen LogP contribution in [0.4, 0.5) is 11.5 Å². The lowest BCUT2D eigenvalue weighted by Gasteiger charge is -2.23. The first kappa shape index (κ1) is 23.4. The largest absolute Gasteiger partial charge is 0.467 e. The Morgan fingerprint density at radius 2 is 1.93 bits per heavy atom. The minimum absolute atomic E-state index is 0.0533. The molecule has 2 rings (SSSR count). The minimum atomic E-state index is -0.883. The first-order chi connectivity index (χ1) is 14.5. The Kier molecular flexibility index (Phi) is 9.36. The van der Waals surface area contributed by atoms with Gasteiger partial charge in [-0.25, -0.2) is 15.2 Å². The number of nitrogens with zero attached hydrogens (tertiary/aromatic N) is 4. The van der Waals surface area contributed by atoms with Crippen LogP contribution in [0.15, 0.2) is 40.9 Å². The molecule has 0 aliphatic carbocycles. The molecule has 2 aromatic rings. The Hall–Kier alpha value is -2.85. The van der Waals surface area contributed by atoms with E-state index in [-0.39, 0.29) is 17.9 Å². The SMILES string of the molecule is COC(=O)C(Cc1ccc(N(CCCl)CCCl)cc1)N=NNc1nc[nH]c1C(N)=O. The highest BCUT2D eigenvalue weighted by Crippen LogP contribution is 2.18. The van der Waals surface area contributed by atoms with E-state index in [1.54, 1.807) is 0 Å². The van der Waals surface area contributed by atoms with Gasteiger partial charge in [0.15, 0.2) is 11.9 Å². The van der Waals surface area contributed by atoms with Gasteiger partial charge in [-0.15, -0.1) is 23.2 Å². The number of aromatic nitrogens is 2. The summed E-state index contributed by atoms with van der Waals surface area (Å²) in [7, 11) is 1.27. The van der Waals surface area contributed by atoms with Crippen molar-refractivity contribution in [3.05, 3.63) is 41.9 Å². The number of imidazole rings is 1. The van der Waals surface area contributed by atoms with Crippen LogP contribution in [0.25, 0.3) is 0 Å². The van der Waals surface area contributed by atoms with E-state index in [0.717, 1.165) is 11.3 Å². The van der Waals surface area contributed by atoms with Gasteiger partial charge in [0.05, 0.1) is 13.4 Å². The van der Waals surface area contributed by atoms with Gasteiger partial charge in [-0.1, -0.05) is 17.4 Å². The van der Waals surface area contributed by atoms with Gasteiger partial charge in [-0.3, -0.25) is 4.79 Å². The highest BCUT2D eigenvalue weighted by Gasteiger charge is 2.20. The quantitative estimate of drug-likeness (QED) is 0.194. The average molecular weight is 456 g/mol. The number of esters is 1. The third-order valence-electron chi connectivity index (χ3n) is 4.15. The molecular formula is C18H23Cl2N7O3. The number of rotatable bonds is 12. The van der Waals surface area contributed by atoms with Crippen LogP contribution in [0.1, 0.15) is 16.1 Å². The second-order valence-corrected chi connectivity index (χ2v) is 6.85. The fourth-order valence-electron chi connectivity index (χ4n) is 2.66. The van der Waals surface area contributed by atoms with Crippen molar-refractivity contribution in [2.24, 2.45) is 16.1 Å². The summed E-state index contributed by atoms with van der Waals surface area (Å²) in [5.74, 6) is -0.161.